The van der Waals surface area contributed by atoms with Gasteiger partial charge in [0.25, 0.3) is 5.91 Å². The minimum absolute atomic E-state index is 0.262. The third-order valence-corrected chi connectivity index (χ3v) is 2.68. The highest BCUT2D eigenvalue weighted by Gasteiger charge is 2.35. The van der Waals surface area contributed by atoms with Gasteiger partial charge in [-0.25, -0.2) is 0 Å². The number of carbonyl (C=O) groups is 2. The van der Waals surface area contributed by atoms with Gasteiger partial charge in [-0.2, -0.15) is 0 Å². The van der Waals surface area contributed by atoms with E-state index in [1.165, 1.54) is 12.0 Å². The summed E-state index contributed by atoms with van der Waals surface area (Å²) < 4.78 is 5.17. The average molecular weight is 231 g/mol. The molecule has 0 saturated heterocycles. The van der Waals surface area contributed by atoms with Crippen molar-refractivity contribution in [2.45, 2.75) is 39.2 Å². The first kappa shape index (κ1) is 14.9. The lowest BCUT2D eigenvalue weighted by atomic mass is 10.0. The van der Waals surface area contributed by atoms with Crippen molar-refractivity contribution in [3.05, 3.63) is 0 Å². The zero-order valence-corrected chi connectivity index (χ0v) is 10.4. The van der Waals surface area contributed by atoms with E-state index in [2.05, 4.69) is 0 Å². The van der Waals surface area contributed by atoms with E-state index in [0.717, 1.165) is 6.42 Å². The molecule has 0 aliphatic carbocycles. The molecular formula is C11H21NO4. The standard InChI is InChI=1S/C11H21NO4/c1-5-7-12(8-9(13)14)10(15)11(3,6-2)16-4/h5-8H2,1-4H3,(H,13,14). The van der Waals surface area contributed by atoms with Gasteiger partial charge in [-0.1, -0.05) is 13.8 Å². The number of hydrogen-bond donors (Lipinski definition) is 1. The Kier molecular flexibility index (Phi) is 6.03. The zero-order chi connectivity index (χ0) is 12.8. The molecule has 16 heavy (non-hydrogen) atoms. The summed E-state index contributed by atoms with van der Waals surface area (Å²) in [5.41, 5.74) is -0.926. The molecular weight excluding hydrogens is 210 g/mol. The van der Waals surface area contributed by atoms with Gasteiger partial charge in [-0.3, -0.25) is 9.59 Å². The van der Waals surface area contributed by atoms with Crippen LogP contribution in [0.2, 0.25) is 0 Å². The maximum Gasteiger partial charge on any atom is 0.323 e. The number of ether oxygens (including phenoxy) is 1. The van der Waals surface area contributed by atoms with Gasteiger partial charge < -0.3 is 14.7 Å². The Morgan fingerprint density at radius 1 is 1.38 bits per heavy atom. The third-order valence-electron chi connectivity index (χ3n) is 2.68. The molecule has 0 saturated carbocycles. The molecule has 0 rings (SSSR count). The van der Waals surface area contributed by atoms with E-state index in [1.807, 2.05) is 13.8 Å². The summed E-state index contributed by atoms with van der Waals surface area (Å²) in [7, 11) is 1.46. The first-order chi connectivity index (χ1) is 7.41. The largest absolute Gasteiger partial charge is 0.480 e. The van der Waals surface area contributed by atoms with E-state index in [-0.39, 0.29) is 12.5 Å². The number of nitrogens with zero attached hydrogens (tertiary/aromatic N) is 1. The molecule has 5 nitrogen and oxygen atoms in total. The van der Waals surface area contributed by atoms with Crippen molar-refractivity contribution in [2.75, 3.05) is 20.2 Å². The number of rotatable bonds is 7. The van der Waals surface area contributed by atoms with Crippen molar-refractivity contribution < 1.29 is 19.4 Å². The number of hydrogen-bond acceptors (Lipinski definition) is 3. The lowest BCUT2D eigenvalue weighted by Gasteiger charge is -2.31. The van der Waals surface area contributed by atoms with Crippen LogP contribution in [-0.4, -0.2) is 47.7 Å². The molecule has 0 fully saturated rings. The molecule has 94 valence electrons. The maximum atomic E-state index is 12.1. The lowest BCUT2D eigenvalue weighted by Crippen LogP contribution is -2.49. The molecule has 1 amide bonds. The normalized spacial score (nSPS) is 14.2. The zero-order valence-electron chi connectivity index (χ0n) is 10.4. The first-order valence-corrected chi connectivity index (χ1v) is 5.47. The topological polar surface area (TPSA) is 66.8 Å². The van der Waals surface area contributed by atoms with Gasteiger partial charge in [-0.15, -0.1) is 0 Å². The number of carboxylic acid groups (broad SMARTS) is 1. The number of carboxylic acids is 1. The van der Waals surface area contributed by atoms with Gasteiger partial charge in [0.1, 0.15) is 12.1 Å². The van der Waals surface area contributed by atoms with Gasteiger partial charge in [0, 0.05) is 13.7 Å². The second kappa shape index (κ2) is 6.48. The van der Waals surface area contributed by atoms with Crippen molar-refractivity contribution in [3.8, 4) is 0 Å². The van der Waals surface area contributed by atoms with Gasteiger partial charge in [-0.05, 0) is 19.8 Å². The Hall–Kier alpha value is -1.10. The maximum absolute atomic E-state index is 12.1. The molecule has 0 spiro atoms. The van der Waals surface area contributed by atoms with Crippen LogP contribution in [0.4, 0.5) is 0 Å². The first-order valence-electron chi connectivity index (χ1n) is 5.47. The summed E-state index contributed by atoms with van der Waals surface area (Å²) >= 11 is 0. The third kappa shape index (κ3) is 3.81. The summed E-state index contributed by atoms with van der Waals surface area (Å²) in [6.07, 6.45) is 1.24. The smallest absolute Gasteiger partial charge is 0.323 e. The van der Waals surface area contributed by atoms with Gasteiger partial charge >= 0.3 is 5.97 Å². The second-order valence-electron chi connectivity index (χ2n) is 3.91. The van der Waals surface area contributed by atoms with E-state index < -0.39 is 11.6 Å². The Balaban J connectivity index is 4.77. The molecule has 0 aliphatic rings. The molecule has 0 aromatic rings. The van der Waals surface area contributed by atoms with Crippen LogP contribution in [0.3, 0.4) is 0 Å². The fourth-order valence-electron chi connectivity index (χ4n) is 1.40. The average Bonchev–Trinajstić information content (AvgIpc) is 2.26. The quantitative estimate of drug-likeness (QED) is 0.713. The van der Waals surface area contributed by atoms with Gasteiger partial charge in [0.2, 0.25) is 0 Å². The van der Waals surface area contributed by atoms with E-state index in [4.69, 9.17) is 9.84 Å². The number of methoxy groups -OCH3 is 1. The van der Waals surface area contributed by atoms with Crippen molar-refractivity contribution in [3.63, 3.8) is 0 Å². The summed E-state index contributed by atoms with van der Waals surface area (Å²) in [5.74, 6) is -1.27. The minimum Gasteiger partial charge on any atom is -0.480 e. The highest BCUT2D eigenvalue weighted by molar-refractivity contribution is 5.87. The molecule has 1 N–H and O–H groups in total. The molecule has 1 atom stereocenters. The SMILES string of the molecule is CCCN(CC(=O)O)C(=O)C(C)(CC)OC. The van der Waals surface area contributed by atoms with Crippen LogP contribution < -0.4 is 0 Å². The lowest BCUT2D eigenvalue weighted by molar-refractivity contribution is -0.157. The molecule has 0 heterocycles. The van der Waals surface area contributed by atoms with Gasteiger partial charge in [0.05, 0.1) is 0 Å². The molecule has 0 bridgehead atoms. The molecule has 5 heteroatoms. The van der Waals surface area contributed by atoms with Crippen LogP contribution in [0.25, 0.3) is 0 Å². The summed E-state index contributed by atoms with van der Waals surface area (Å²) in [4.78, 5) is 24.1. The fourth-order valence-corrected chi connectivity index (χ4v) is 1.40. The summed E-state index contributed by atoms with van der Waals surface area (Å²) in [6, 6.07) is 0. The highest BCUT2D eigenvalue weighted by atomic mass is 16.5. The predicted octanol–water partition coefficient (Wildman–Crippen LogP) is 1.12. The van der Waals surface area contributed by atoms with E-state index in [0.29, 0.717) is 13.0 Å². The monoisotopic (exact) mass is 231 g/mol. The highest BCUT2D eigenvalue weighted by Crippen LogP contribution is 2.17. The molecule has 0 radical (unpaired) electrons. The van der Waals surface area contributed by atoms with Crippen molar-refractivity contribution in [2.24, 2.45) is 0 Å². The molecule has 0 aliphatic heterocycles. The van der Waals surface area contributed by atoms with Crippen LogP contribution in [-0.2, 0) is 14.3 Å². The Labute approximate surface area is 96.4 Å². The second-order valence-corrected chi connectivity index (χ2v) is 3.91. The van der Waals surface area contributed by atoms with E-state index >= 15 is 0 Å². The number of amides is 1. The minimum atomic E-state index is -1.00. The Morgan fingerprint density at radius 2 is 1.94 bits per heavy atom. The van der Waals surface area contributed by atoms with Crippen molar-refractivity contribution in [1.82, 2.24) is 4.90 Å². The summed E-state index contributed by atoms with van der Waals surface area (Å²) in [5, 5.41) is 8.74. The van der Waals surface area contributed by atoms with Crippen LogP contribution in [0.15, 0.2) is 0 Å². The molecule has 0 aromatic heterocycles. The molecule has 1 unspecified atom stereocenters. The van der Waals surface area contributed by atoms with Gasteiger partial charge in [0.15, 0.2) is 0 Å². The molecule has 0 aromatic carbocycles. The number of aliphatic carboxylic acids is 1. The predicted molar refractivity (Wildman–Crippen MR) is 60.2 cm³/mol. The van der Waals surface area contributed by atoms with Crippen LogP contribution in [0.5, 0.6) is 0 Å². The van der Waals surface area contributed by atoms with E-state index in [9.17, 15) is 9.59 Å². The fraction of sp³-hybridized carbons (Fsp3) is 0.818. The van der Waals surface area contributed by atoms with Crippen LogP contribution in [0.1, 0.15) is 33.6 Å². The number of carbonyl (C=O) groups excluding carboxylic acids is 1. The van der Waals surface area contributed by atoms with E-state index in [1.54, 1.807) is 6.92 Å². The Bertz CT molecular complexity index is 248. The van der Waals surface area contributed by atoms with Crippen molar-refractivity contribution in [1.29, 1.82) is 0 Å². The summed E-state index contributed by atoms with van der Waals surface area (Å²) in [6.45, 7) is 5.58. The Morgan fingerprint density at radius 3 is 2.25 bits per heavy atom. The van der Waals surface area contributed by atoms with Crippen LogP contribution >= 0.6 is 0 Å². The van der Waals surface area contributed by atoms with Crippen LogP contribution in [0, 0.1) is 0 Å². The van der Waals surface area contributed by atoms with Crippen molar-refractivity contribution >= 4 is 11.9 Å².